The van der Waals surface area contributed by atoms with Gasteiger partial charge in [-0.2, -0.15) is 0 Å². The van der Waals surface area contributed by atoms with Crippen molar-refractivity contribution in [3.63, 3.8) is 0 Å². The molecule has 0 aromatic carbocycles. The molecule has 0 saturated heterocycles. The molecule has 0 amide bonds. The maximum Gasteiger partial charge on any atom is 0.352 e. The van der Waals surface area contributed by atoms with E-state index >= 15 is 0 Å². The average molecular weight is 239 g/mol. The summed E-state index contributed by atoms with van der Waals surface area (Å²) in [6.07, 6.45) is 2.99. The molecular weight excluding hydrogens is 226 g/mol. The Bertz CT molecular complexity index is 446. The van der Waals surface area contributed by atoms with E-state index in [0.29, 0.717) is 6.54 Å². The number of hydrogen-bond acceptors (Lipinski definition) is 7. The van der Waals surface area contributed by atoms with Crippen molar-refractivity contribution in [3.8, 4) is 0 Å². The van der Waals surface area contributed by atoms with Gasteiger partial charge in [0.25, 0.3) is 0 Å². The van der Waals surface area contributed by atoms with E-state index in [1.54, 1.807) is 0 Å². The van der Waals surface area contributed by atoms with Crippen molar-refractivity contribution >= 4 is 17.3 Å². The van der Waals surface area contributed by atoms with Gasteiger partial charge in [0.05, 0.1) is 11.5 Å². The summed E-state index contributed by atoms with van der Waals surface area (Å²) in [5.41, 5.74) is 4.95. The summed E-state index contributed by atoms with van der Waals surface area (Å²) in [6, 6.07) is 0. The number of hydrogen-bond donors (Lipinski definition) is 3. The molecule has 8 heteroatoms. The molecule has 1 aromatic rings. The van der Waals surface area contributed by atoms with Crippen LogP contribution in [0.2, 0.25) is 0 Å². The second kappa shape index (κ2) is 4.13. The van der Waals surface area contributed by atoms with Crippen LogP contribution in [0.25, 0.3) is 0 Å². The first kappa shape index (κ1) is 11.5. The van der Waals surface area contributed by atoms with Crippen LogP contribution in [0, 0.1) is 15.5 Å². The highest BCUT2D eigenvalue weighted by Crippen LogP contribution is 2.45. The summed E-state index contributed by atoms with van der Waals surface area (Å²) in [4.78, 5) is 17.6. The van der Waals surface area contributed by atoms with Crippen LogP contribution in [-0.4, -0.2) is 33.1 Å². The Labute approximate surface area is 97.0 Å². The number of nitrogens with two attached hydrogens (primary N) is 1. The normalized spacial score (nSPS) is 16.5. The highest BCUT2D eigenvalue weighted by atomic mass is 16.6. The van der Waals surface area contributed by atoms with Gasteiger partial charge in [-0.15, -0.1) is 0 Å². The van der Waals surface area contributed by atoms with E-state index in [0.717, 1.165) is 12.8 Å². The minimum atomic E-state index is -0.615. The summed E-state index contributed by atoms with van der Waals surface area (Å²) in [7, 11) is 0. The lowest BCUT2D eigenvalue weighted by Gasteiger charge is -2.13. The van der Waals surface area contributed by atoms with E-state index < -0.39 is 4.92 Å². The van der Waals surface area contributed by atoms with Gasteiger partial charge in [-0.1, -0.05) is 0 Å². The Hall–Kier alpha value is -1.96. The van der Waals surface area contributed by atoms with Crippen molar-refractivity contribution in [2.24, 2.45) is 5.41 Å². The molecule has 1 heterocycles. The molecule has 92 valence electrons. The van der Waals surface area contributed by atoms with Crippen LogP contribution in [0.15, 0.2) is 6.33 Å². The van der Waals surface area contributed by atoms with Crippen molar-refractivity contribution in [2.75, 3.05) is 24.2 Å². The maximum absolute atomic E-state index is 10.8. The van der Waals surface area contributed by atoms with Gasteiger partial charge < -0.3 is 16.2 Å². The molecule has 1 saturated carbocycles. The minimum absolute atomic E-state index is 0.0639. The molecule has 0 unspecified atom stereocenters. The molecule has 0 bridgehead atoms. The number of nitro groups is 1. The monoisotopic (exact) mass is 239 g/mol. The third-order valence-electron chi connectivity index (χ3n) is 2.96. The Balaban J connectivity index is 2.15. The predicted octanol–water partition coefficient (Wildman–Crippen LogP) is 0.151. The number of nitrogens with zero attached hydrogens (tertiary/aromatic N) is 3. The summed E-state index contributed by atoms with van der Waals surface area (Å²) in [5.74, 6) is -0.0661. The largest absolute Gasteiger partial charge is 0.396 e. The third kappa shape index (κ3) is 2.26. The highest BCUT2D eigenvalue weighted by Gasteiger charge is 2.42. The van der Waals surface area contributed by atoms with Gasteiger partial charge >= 0.3 is 5.69 Å². The molecule has 17 heavy (non-hydrogen) atoms. The molecule has 1 aliphatic rings. The topological polar surface area (TPSA) is 127 Å². The van der Waals surface area contributed by atoms with Crippen LogP contribution in [0.1, 0.15) is 12.8 Å². The fourth-order valence-corrected chi connectivity index (χ4v) is 1.54. The standard InChI is InChI=1S/C9H13N5O3/c10-7-6(14(16)17)8(13-5-12-7)11-3-9(4-15)1-2-9/h5,15H,1-4H2,(H3,10,11,12,13). The number of aliphatic hydroxyl groups excluding tert-OH is 1. The summed E-state index contributed by atoms with van der Waals surface area (Å²) >= 11 is 0. The SMILES string of the molecule is Nc1ncnc(NCC2(CO)CC2)c1[N+](=O)[O-]. The van der Waals surface area contributed by atoms with Crippen molar-refractivity contribution in [2.45, 2.75) is 12.8 Å². The van der Waals surface area contributed by atoms with Crippen LogP contribution < -0.4 is 11.1 Å². The van der Waals surface area contributed by atoms with Crippen LogP contribution in [-0.2, 0) is 0 Å². The quantitative estimate of drug-likeness (QED) is 0.493. The summed E-state index contributed by atoms with van der Waals surface area (Å²) in [6.45, 7) is 0.509. The highest BCUT2D eigenvalue weighted by molar-refractivity contribution is 5.67. The zero-order valence-corrected chi connectivity index (χ0v) is 9.09. The molecule has 4 N–H and O–H groups in total. The van der Waals surface area contributed by atoms with Crippen LogP contribution in [0.4, 0.5) is 17.3 Å². The first-order valence-corrected chi connectivity index (χ1v) is 5.18. The predicted molar refractivity (Wildman–Crippen MR) is 60.3 cm³/mol. The molecule has 1 aliphatic carbocycles. The van der Waals surface area contributed by atoms with Gasteiger partial charge in [0.2, 0.25) is 11.6 Å². The van der Waals surface area contributed by atoms with Gasteiger partial charge in [0, 0.05) is 12.0 Å². The molecule has 1 aromatic heterocycles. The lowest BCUT2D eigenvalue weighted by atomic mass is 10.1. The van der Waals surface area contributed by atoms with E-state index in [-0.39, 0.29) is 29.3 Å². The number of anilines is 2. The third-order valence-corrected chi connectivity index (χ3v) is 2.96. The van der Waals surface area contributed by atoms with Crippen molar-refractivity contribution in [1.29, 1.82) is 0 Å². The first-order chi connectivity index (χ1) is 8.08. The van der Waals surface area contributed by atoms with Crippen LogP contribution in [0.5, 0.6) is 0 Å². The Morgan fingerprint density at radius 1 is 1.59 bits per heavy atom. The average Bonchev–Trinajstić information content (AvgIpc) is 3.06. The van der Waals surface area contributed by atoms with Crippen LogP contribution in [0.3, 0.4) is 0 Å². The Kier molecular flexibility index (Phi) is 2.80. The van der Waals surface area contributed by atoms with Gasteiger partial charge in [-0.3, -0.25) is 10.1 Å². The van der Waals surface area contributed by atoms with E-state index in [1.807, 2.05) is 0 Å². The molecule has 0 atom stereocenters. The van der Waals surface area contributed by atoms with Crippen LogP contribution >= 0.6 is 0 Å². The molecule has 2 rings (SSSR count). The lowest BCUT2D eigenvalue weighted by molar-refractivity contribution is -0.383. The Morgan fingerprint density at radius 2 is 2.29 bits per heavy atom. The van der Waals surface area contributed by atoms with E-state index in [9.17, 15) is 10.1 Å². The van der Waals surface area contributed by atoms with Crippen molar-refractivity contribution in [1.82, 2.24) is 9.97 Å². The molecule has 0 aliphatic heterocycles. The molecular formula is C9H13N5O3. The summed E-state index contributed by atoms with van der Waals surface area (Å²) < 4.78 is 0. The van der Waals surface area contributed by atoms with Crippen molar-refractivity contribution in [3.05, 3.63) is 16.4 Å². The fraction of sp³-hybridized carbons (Fsp3) is 0.556. The molecule has 1 fully saturated rings. The summed E-state index contributed by atoms with van der Waals surface area (Å²) in [5, 5.41) is 22.8. The second-order valence-electron chi connectivity index (χ2n) is 4.22. The maximum atomic E-state index is 10.8. The number of aliphatic hydroxyl groups is 1. The lowest BCUT2D eigenvalue weighted by Crippen LogP contribution is -2.20. The van der Waals surface area contributed by atoms with E-state index in [4.69, 9.17) is 10.8 Å². The van der Waals surface area contributed by atoms with E-state index in [1.165, 1.54) is 6.33 Å². The Morgan fingerprint density at radius 3 is 2.82 bits per heavy atom. The zero-order chi connectivity index (χ0) is 12.5. The van der Waals surface area contributed by atoms with E-state index in [2.05, 4.69) is 15.3 Å². The van der Waals surface area contributed by atoms with Crippen molar-refractivity contribution < 1.29 is 10.0 Å². The number of rotatable bonds is 5. The number of nitrogens with one attached hydrogen (secondary N) is 1. The fourth-order valence-electron chi connectivity index (χ4n) is 1.54. The van der Waals surface area contributed by atoms with Gasteiger partial charge in [-0.05, 0) is 12.8 Å². The van der Waals surface area contributed by atoms with Gasteiger partial charge in [-0.25, -0.2) is 9.97 Å². The van der Waals surface area contributed by atoms with Gasteiger partial charge in [0.1, 0.15) is 6.33 Å². The molecule has 0 radical (unpaired) electrons. The zero-order valence-electron chi connectivity index (χ0n) is 9.09. The number of aromatic nitrogens is 2. The number of nitrogen functional groups attached to an aromatic ring is 1. The minimum Gasteiger partial charge on any atom is -0.396 e. The van der Waals surface area contributed by atoms with Gasteiger partial charge in [0.15, 0.2) is 0 Å². The second-order valence-corrected chi connectivity index (χ2v) is 4.22. The molecule has 8 nitrogen and oxygen atoms in total. The smallest absolute Gasteiger partial charge is 0.352 e. The molecule has 0 spiro atoms. The first-order valence-electron chi connectivity index (χ1n) is 5.18.